The third-order valence-electron chi connectivity index (χ3n) is 5.11. The number of rotatable bonds is 2. The van der Waals surface area contributed by atoms with E-state index in [1.807, 2.05) is 25.2 Å². The minimum atomic E-state index is -0.392. The molecule has 3 heteroatoms. The van der Waals surface area contributed by atoms with Crippen molar-refractivity contribution >= 4 is 23.2 Å². The lowest BCUT2D eigenvalue weighted by atomic mass is 9.72. The molecule has 1 aromatic carbocycles. The number of nitrogens with zero attached hydrogens (tertiary/aromatic N) is 1. The Kier molecular flexibility index (Phi) is 3.53. The Bertz CT molecular complexity index is 536. The van der Waals surface area contributed by atoms with Gasteiger partial charge in [0, 0.05) is 17.8 Å². The monoisotopic (exact) mass is 291 g/mol. The Hall–Kier alpha value is -1.02. The molecular formula is C17H22ClNO. The molecule has 0 spiro atoms. The van der Waals surface area contributed by atoms with Crippen molar-refractivity contribution in [2.75, 3.05) is 11.9 Å². The Balaban J connectivity index is 1.95. The maximum absolute atomic E-state index is 12.8. The van der Waals surface area contributed by atoms with Crippen molar-refractivity contribution in [3.8, 4) is 0 Å². The van der Waals surface area contributed by atoms with Crippen LogP contribution in [0.15, 0.2) is 18.2 Å². The molecule has 1 aromatic rings. The van der Waals surface area contributed by atoms with Crippen LogP contribution < -0.4 is 4.90 Å². The Morgan fingerprint density at radius 2 is 2.00 bits per heavy atom. The fourth-order valence-electron chi connectivity index (χ4n) is 4.00. The predicted octanol–water partition coefficient (Wildman–Crippen LogP) is 4.54. The van der Waals surface area contributed by atoms with Gasteiger partial charge in [-0.05, 0) is 43.0 Å². The van der Waals surface area contributed by atoms with Crippen LogP contribution in [0.1, 0.15) is 51.0 Å². The smallest absolute Gasteiger partial charge is 0.237 e. The Morgan fingerprint density at radius 1 is 1.30 bits per heavy atom. The number of amides is 1. The van der Waals surface area contributed by atoms with Gasteiger partial charge >= 0.3 is 0 Å². The molecule has 0 radical (unpaired) electrons. The zero-order chi connectivity index (χ0) is 14.3. The van der Waals surface area contributed by atoms with E-state index in [4.69, 9.17) is 11.6 Å². The second-order valence-electron chi connectivity index (χ2n) is 6.57. The fraction of sp³-hybridized carbons (Fsp3) is 0.588. The highest BCUT2D eigenvalue weighted by atomic mass is 35.5. The second-order valence-corrected chi connectivity index (χ2v) is 7.00. The lowest BCUT2D eigenvalue weighted by molar-refractivity contribution is -0.123. The first-order valence-electron chi connectivity index (χ1n) is 7.60. The quantitative estimate of drug-likeness (QED) is 0.783. The number of hydrogen-bond donors (Lipinski definition) is 0. The molecule has 3 rings (SSSR count). The third-order valence-corrected chi connectivity index (χ3v) is 5.35. The molecule has 20 heavy (non-hydrogen) atoms. The molecule has 1 aliphatic carbocycles. The summed E-state index contributed by atoms with van der Waals surface area (Å²) < 4.78 is 0. The standard InChI is InChI=1S/C17H22ClNO/c1-17(11-12-6-4-3-5-7-12)14-10-13(18)8-9-15(14)19(2)16(17)20/h8-10,12H,3-7,11H2,1-2H3. The molecular weight excluding hydrogens is 270 g/mol. The second kappa shape index (κ2) is 5.07. The summed E-state index contributed by atoms with van der Waals surface area (Å²) in [6.07, 6.45) is 7.47. The predicted molar refractivity (Wildman–Crippen MR) is 83.4 cm³/mol. The van der Waals surface area contributed by atoms with Crippen LogP contribution in [0.4, 0.5) is 5.69 Å². The van der Waals surface area contributed by atoms with Crippen molar-refractivity contribution in [2.45, 2.75) is 50.9 Å². The van der Waals surface area contributed by atoms with Gasteiger partial charge in [0.25, 0.3) is 0 Å². The summed E-state index contributed by atoms with van der Waals surface area (Å²) in [6.45, 7) is 2.10. The van der Waals surface area contributed by atoms with Crippen LogP contribution in [0, 0.1) is 5.92 Å². The molecule has 0 N–H and O–H groups in total. The van der Waals surface area contributed by atoms with Gasteiger partial charge in [-0.15, -0.1) is 0 Å². The minimum Gasteiger partial charge on any atom is -0.314 e. The molecule has 1 atom stereocenters. The van der Waals surface area contributed by atoms with E-state index in [-0.39, 0.29) is 5.91 Å². The Morgan fingerprint density at radius 3 is 2.70 bits per heavy atom. The summed E-state index contributed by atoms with van der Waals surface area (Å²) in [4.78, 5) is 14.6. The molecule has 108 valence electrons. The van der Waals surface area contributed by atoms with Gasteiger partial charge in [0.2, 0.25) is 5.91 Å². The molecule has 2 aliphatic rings. The lowest BCUT2D eigenvalue weighted by Gasteiger charge is -2.31. The normalized spacial score (nSPS) is 26.9. The summed E-state index contributed by atoms with van der Waals surface area (Å²) >= 11 is 6.16. The number of carbonyl (C=O) groups excluding carboxylic acids is 1. The summed E-state index contributed by atoms with van der Waals surface area (Å²) in [5.74, 6) is 0.899. The van der Waals surface area contributed by atoms with Gasteiger partial charge in [-0.25, -0.2) is 0 Å². The number of fused-ring (bicyclic) bond motifs is 1. The van der Waals surface area contributed by atoms with Crippen molar-refractivity contribution in [1.82, 2.24) is 0 Å². The minimum absolute atomic E-state index is 0.223. The van der Waals surface area contributed by atoms with E-state index in [0.29, 0.717) is 5.92 Å². The van der Waals surface area contributed by atoms with Gasteiger partial charge in [0.15, 0.2) is 0 Å². The van der Waals surface area contributed by atoms with E-state index in [2.05, 4.69) is 6.92 Å². The van der Waals surface area contributed by atoms with Crippen molar-refractivity contribution < 1.29 is 4.79 Å². The molecule has 0 aromatic heterocycles. The lowest BCUT2D eigenvalue weighted by Crippen LogP contribution is -2.38. The zero-order valence-electron chi connectivity index (χ0n) is 12.3. The summed E-state index contributed by atoms with van der Waals surface area (Å²) in [6, 6.07) is 5.83. The highest BCUT2D eigenvalue weighted by molar-refractivity contribution is 6.31. The van der Waals surface area contributed by atoms with E-state index in [9.17, 15) is 4.79 Å². The molecule has 0 bridgehead atoms. The fourth-order valence-corrected chi connectivity index (χ4v) is 4.18. The van der Waals surface area contributed by atoms with Gasteiger partial charge in [-0.2, -0.15) is 0 Å². The van der Waals surface area contributed by atoms with Crippen LogP contribution in [0.2, 0.25) is 5.02 Å². The maximum atomic E-state index is 12.8. The number of anilines is 1. The molecule has 1 fully saturated rings. The first-order chi connectivity index (χ1) is 9.52. The highest BCUT2D eigenvalue weighted by Crippen LogP contribution is 2.47. The van der Waals surface area contributed by atoms with Crippen LogP contribution in [-0.4, -0.2) is 13.0 Å². The molecule has 1 saturated carbocycles. The van der Waals surface area contributed by atoms with Crippen LogP contribution >= 0.6 is 11.6 Å². The van der Waals surface area contributed by atoms with E-state index < -0.39 is 5.41 Å². The van der Waals surface area contributed by atoms with E-state index in [1.165, 1.54) is 32.1 Å². The van der Waals surface area contributed by atoms with Gasteiger partial charge in [0.1, 0.15) is 0 Å². The van der Waals surface area contributed by atoms with Crippen LogP contribution in [-0.2, 0) is 10.2 Å². The SMILES string of the molecule is CN1C(=O)C(C)(CC2CCCCC2)c2cc(Cl)ccc21. The van der Waals surface area contributed by atoms with E-state index >= 15 is 0 Å². The number of halogens is 1. The maximum Gasteiger partial charge on any atom is 0.237 e. The van der Waals surface area contributed by atoms with Crippen molar-refractivity contribution in [1.29, 1.82) is 0 Å². The van der Waals surface area contributed by atoms with Crippen LogP contribution in [0.5, 0.6) is 0 Å². The van der Waals surface area contributed by atoms with E-state index in [1.54, 1.807) is 4.90 Å². The third kappa shape index (κ3) is 2.14. The number of likely N-dealkylation sites (N-methyl/N-ethyl adjacent to an activating group) is 1. The highest BCUT2D eigenvalue weighted by Gasteiger charge is 2.47. The summed E-state index contributed by atoms with van der Waals surface area (Å²) in [5.41, 5.74) is 1.75. The molecule has 0 saturated heterocycles. The zero-order valence-corrected chi connectivity index (χ0v) is 13.0. The van der Waals surface area contributed by atoms with E-state index in [0.717, 1.165) is 22.7 Å². The average Bonchev–Trinajstić information content (AvgIpc) is 2.62. The summed E-state index contributed by atoms with van der Waals surface area (Å²) in [7, 11) is 1.88. The molecule has 1 amide bonds. The Labute approximate surface area is 126 Å². The van der Waals surface area contributed by atoms with Crippen LogP contribution in [0.25, 0.3) is 0 Å². The average molecular weight is 292 g/mol. The molecule has 1 heterocycles. The van der Waals surface area contributed by atoms with Crippen LogP contribution in [0.3, 0.4) is 0 Å². The molecule has 2 nitrogen and oxygen atoms in total. The number of hydrogen-bond acceptors (Lipinski definition) is 1. The van der Waals surface area contributed by atoms with Gasteiger partial charge in [-0.3, -0.25) is 4.79 Å². The first-order valence-corrected chi connectivity index (χ1v) is 7.98. The number of benzene rings is 1. The molecule has 1 unspecified atom stereocenters. The van der Waals surface area contributed by atoms with Crippen molar-refractivity contribution in [2.24, 2.45) is 5.92 Å². The largest absolute Gasteiger partial charge is 0.314 e. The van der Waals surface area contributed by atoms with Gasteiger partial charge in [-0.1, -0.05) is 43.7 Å². The van der Waals surface area contributed by atoms with Gasteiger partial charge < -0.3 is 4.90 Å². The van der Waals surface area contributed by atoms with Crippen molar-refractivity contribution in [3.05, 3.63) is 28.8 Å². The summed E-state index contributed by atoms with van der Waals surface area (Å²) in [5, 5.41) is 0.724. The van der Waals surface area contributed by atoms with Crippen molar-refractivity contribution in [3.63, 3.8) is 0 Å². The topological polar surface area (TPSA) is 20.3 Å². The molecule has 1 aliphatic heterocycles. The van der Waals surface area contributed by atoms with Gasteiger partial charge in [0.05, 0.1) is 5.41 Å². The first kappa shape index (κ1) is 13.9. The number of carbonyl (C=O) groups is 1.